The summed E-state index contributed by atoms with van der Waals surface area (Å²) in [5, 5.41) is 2.36. The van der Waals surface area contributed by atoms with Crippen molar-refractivity contribution in [1.29, 1.82) is 0 Å². The van der Waals surface area contributed by atoms with Crippen molar-refractivity contribution in [3.05, 3.63) is 35.6 Å². The molecule has 0 radical (unpaired) electrons. The number of imide groups is 1. The number of fused-ring (bicyclic) bond motifs is 1. The minimum atomic E-state index is -0.641. The molecule has 8 heteroatoms. The smallest absolute Gasteiger partial charge is 0.325 e. The van der Waals surface area contributed by atoms with Crippen LogP contribution >= 0.6 is 0 Å². The summed E-state index contributed by atoms with van der Waals surface area (Å²) in [5.41, 5.74) is 0.502. The Morgan fingerprint density at radius 3 is 2.68 bits per heavy atom. The standard InChI is InChI=1S/C17H20FN5O2/c1-21-14-13(15(24)20-17(21)25)23(10-11-6-2-3-7-12(11)18)16(19-14)22-8-4-5-9-22/h2-3,6-7,13-14H,4-5,8-10H2,1H3,(H,20,24,25). The van der Waals surface area contributed by atoms with Gasteiger partial charge in [0, 0.05) is 32.2 Å². The van der Waals surface area contributed by atoms with E-state index in [-0.39, 0.29) is 18.3 Å². The number of urea groups is 1. The number of guanidine groups is 1. The molecule has 0 aliphatic carbocycles. The molecule has 0 bridgehead atoms. The fraction of sp³-hybridized carbons (Fsp3) is 0.471. The lowest BCUT2D eigenvalue weighted by Gasteiger charge is -2.37. The van der Waals surface area contributed by atoms with Gasteiger partial charge in [-0.3, -0.25) is 10.1 Å². The van der Waals surface area contributed by atoms with Gasteiger partial charge in [-0.15, -0.1) is 0 Å². The highest BCUT2D eigenvalue weighted by molar-refractivity contribution is 6.03. The predicted octanol–water partition coefficient (Wildman–Crippen LogP) is 0.969. The number of hydrogen-bond acceptors (Lipinski definition) is 5. The van der Waals surface area contributed by atoms with Crippen LogP contribution in [-0.2, 0) is 11.3 Å². The number of carbonyl (C=O) groups excluding carboxylic acids is 2. The average molecular weight is 345 g/mol. The van der Waals surface area contributed by atoms with Gasteiger partial charge in [-0.2, -0.15) is 0 Å². The maximum atomic E-state index is 14.2. The molecule has 3 aliphatic rings. The van der Waals surface area contributed by atoms with Gasteiger partial charge in [0.25, 0.3) is 5.91 Å². The van der Waals surface area contributed by atoms with Crippen LogP contribution in [0, 0.1) is 5.82 Å². The topological polar surface area (TPSA) is 68.2 Å². The molecule has 2 unspecified atom stereocenters. The molecule has 7 nitrogen and oxygen atoms in total. The molecule has 3 heterocycles. The molecule has 1 N–H and O–H groups in total. The SMILES string of the molecule is CN1C(=O)NC(=O)C2C1N=C(N1CCCC1)N2Cc1ccccc1F. The van der Waals surface area contributed by atoms with Crippen molar-refractivity contribution in [2.24, 2.45) is 4.99 Å². The van der Waals surface area contributed by atoms with E-state index < -0.39 is 18.2 Å². The zero-order chi connectivity index (χ0) is 17.6. The number of likely N-dealkylation sites (tertiary alicyclic amines) is 1. The van der Waals surface area contributed by atoms with E-state index in [1.807, 2.05) is 4.90 Å². The van der Waals surface area contributed by atoms with Crippen molar-refractivity contribution in [1.82, 2.24) is 20.0 Å². The molecule has 3 amide bonds. The number of hydrogen-bond donors (Lipinski definition) is 1. The zero-order valence-electron chi connectivity index (χ0n) is 14.0. The van der Waals surface area contributed by atoms with Crippen LogP contribution in [0.3, 0.4) is 0 Å². The summed E-state index contributed by atoms with van der Waals surface area (Å²) < 4.78 is 14.2. The van der Waals surface area contributed by atoms with Gasteiger partial charge in [0.2, 0.25) is 0 Å². The molecule has 2 fully saturated rings. The second-order valence-electron chi connectivity index (χ2n) is 6.61. The molecule has 0 aromatic heterocycles. The highest BCUT2D eigenvalue weighted by Gasteiger charge is 2.49. The van der Waals surface area contributed by atoms with E-state index in [1.165, 1.54) is 11.0 Å². The number of aliphatic imine (C=N–C) groups is 1. The monoisotopic (exact) mass is 345 g/mol. The Labute approximate surface area is 145 Å². The van der Waals surface area contributed by atoms with Crippen LogP contribution in [0.5, 0.6) is 0 Å². The molecule has 4 rings (SSSR count). The van der Waals surface area contributed by atoms with Crippen LogP contribution in [0.1, 0.15) is 18.4 Å². The number of nitrogens with one attached hydrogen (secondary N) is 1. The summed E-state index contributed by atoms with van der Waals surface area (Å²) in [6.45, 7) is 1.94. The van der Waals surface area contributed by atoms with Crippen LogP contribution in [0.4, 0.5) is 9.18 Å². The van der Waals surface area contributed by atoms with Crippen molar-refractivity contribution in [2.75, 3.05) is 20.1 Å². The maximum absolute atomic E-state index is 14.2. The maximum Gasteiger partial charge on any atom is 0.325 e. The quantitative estimate of drug-likeness (QED) is 0.867. The van der Waals surface area contributed by atoms with Gasteiger partial charge in [-0.25, -0.2) is 14.2 Å². The number of rotatable bonds is 2. The molecule has 0 spiro atoms. The summed E-state index contributed by atoms with van der Waals surface area (Å²) in [5.74, 6) is -0.0257. The fourth-order valence-corrected chi connectivity index (χ4v) is 3.67. The van der Waals surface area contributed by atoms with Gasteiger partial charge < -0.3 is 14.7 Å². The van der Waals surface area contributed by atoms with Crippen LogP contribution < -0.4 is 5.32 Å². The summed E-state index contributed by atoms with van der Waals surface area (Å²) in [4.78, 5) is 34.5. The molecule has 132 valence electrons. The summed E-state index contributed by atoms with van der Waals surface area (Å²) in [7, 11) is 1.62. The van der Waals surface area contributed by atoms with Gasteiger partial charge in [0.15, 0.2) is 18.2 Å². The normalized spacial score (nSPS) is 26.0. The first-order chi connectivity index (χ1) is 12.1. The van der Waals surface area contributed by atoms with E-state index >= 15 is 0 Å². The Balaban J connectivity index is 1.70. The van der Waals surface area contributed by atoms with Crippen molar-refractivity contribution in [2.45, 2.75) is 31.6 Å². The minimum Gasteiger partial charge on any atom is -0.343 e. The number of halogens is 1. The molecule has 0 saturated carbocycles. The van der Waals surface area contributed by atoms with Gasteiger partial charge in [0.05, 0.1) is 0 Å². The van der Waals surface area contributed by atoms with E-state index in [0.29, 0.717) is 11.5 Å². The van der Waals surface area contributed by atoms with E-state index in [4.69, 9.17) is 0 Å². The lowest BCUT2D eigenvalue weighted by atomic mass is 10.1. The highest BCUT2D eigenvalue weighted by atomic mass is 19.1. The number of carbonyl (C=O) groups is 2. The molecule has 3 aliphatic heterocycles. The van der Waals surface area contributed by atoms with Crippen molar-refractivity contribution < 1.29 is 14.0 Å². The number of benzene rings is 1. The first kappa shape index (κ1) is 15.9. The molecular formula is C17H20FN5O2. The van der Waals surface area contributed by atoms with Gasteiger partial charge in [-0.1, -0.05) is 18.2 Å². The van der Waals surface area contributed by atoms with Crippen molar-refractivity contribution in [3.8, 4) is 0 Å². The lowest BCUT2D eigenvalue weighted by molar-refractivity contribution is -0.127. The third-order valence-electron chi connectivity index (χ3n) is 5.03. The highest BCUT2D eigenvalue weighted by Crippen LogP contribution is 2.29. The third-order valence-corrected chi connectivity index (χ3v) is 5.03. The van der Waals surface area contributed by atoms with E-state index in [0.717, 1.165) is 25.9 Å². The summed E-state index contributed by atoms with van der Waals surface area (Å²) in [6, 6.07) is 5.43. The Hall–Kier alpha value is -2.64. The van der Waals surface area contributed by atoms with Crippen molar-refractivity contribution in [3.63, 3.8) is 0 Å². The Morgan fingerprint density at radius 1 is 1.24 bits per heavy atom. The number of likely N-dealkylation sites (N-methyl/N-ethyl adjacent to an activating group) is 1. The largest absolute Gasteiger partial charge is 0.343 e. The van der Waals surface area contributed by atoms with Gasteiger partial charge in [-0.05, 0) is 18.9 Å². The first-order valence-electron chi connectivity index (χ1n) is 8.47. The Bertz CT molecular complexity index is 746. The van der Waals surface area contributed by atoms with Crippen LogP contribution in [0.15, 0.2) is 29.3 Å². The van der Waals surface area contributed by atoms with E-state index in [2.05, 4.69) is 15.2 Å². The lowest BCUT2D eigenvalue weighted by Crippen LogP contribution is -2.64. The van der Waals surface area contributed by atoms with Gasteiger partial charge in [0.1, 0.15) is 5.82 Å². The second kappa shape index (κ2) is 6.02. The van der Waals surface area contributed by atoms with E-state index in [1.54, 1.807) is 25.2 Å². The minimum absolute atomic E-state index is 0.235. The summed E-state index contributed by atoms with van der Waals surface area (Å²) >= 11 is 0. The zero-order valence-corrected chi connectivity index (χ0v) is 14.0. The fourth-order valence-electron chi connectivity index (χ4n) is 3.67. The molecule has 1 aromatic carbocycles. The Kier molecular flexibility index (Phi) is 3.82. The molecule has 2 atom stereocenters. The number of amides is 3. The molecule has 25 heavy (non-hydrogen) atoms. The number of nitrogens with zero attached hydrogens (tertiary/aromatic N) is 4. The molecule has 1 aromatic rings. The molecular weight excluding hydrogens is 325 g/mol. The molecule has 2 saturated heterocycles. The van der Waals surface area contributed by atoms with Crippen LogP contribution in [-0.4, -0.2) is 64.9 Å². The van der Waals surface area contributed by atoms with E-state index in [9.17, 15) is 14.0 Å². The van der Waals surface area contributed by atoms with Gasteiger partial charge >= 0.3 is 6.03 Å². The van der Waals surface area contributed by atoms with Crippen molar-refractivity contribution >= 4 is 17.9 Å². The predicted molar refractivity (Wildman–Crippen MR) is 89.1 cm³/mol. The first-order valence-corrected chi connectivity index (χ1v) is 8.47. The third kappa shape index (κ3) is 2.61. The second-order valence-corrected chi connectivity index (χ2v) is 6.61. The van der Waals surface area contributed by atoms with Crippen LogP contribution in [0.2, 0.25) is 0 Å². The Morgan fingerprint density at radius 2 is 1.96 bits per heavy atom. The average Bonchev–Trinajstić information content (AvgIpc) is 3.22. The van der Waals surface area contributed by atoms with Crippen LogP contribution in [0.25, 0.3) is 0 Å². The summed E-state index contributed by atoms with van der Waals surface area (Å²) in [6.07, 6.45) is 1.54.